The SMILES string of the molecule is Cc1cccc2nc(CNC(=O)c3ccc(OCc4ccccc4)cc3)cn12. The summed E-state index contributed by atoms with van der Waals surface area (Å²) in [6, 6.07) is 23.1. The number of rotatable bonds is 6. The molecule has 5 nitrogen and oxygen atoms in total. The molecule has 28 heavy (non-hydrogen) atoms. The first-order valence-corrected chi connectivity index (χ1v) is 9.17. The average molecular weight is 371 g/mol. The van der Waals surface area contributed by atoms with Gasteiger partial charge < -0.3 is 14.5 Å². The summed E-state index contributed by atoms with van der Waals surface area (Å²) in [5, 5.41) is 2.92. The normalized spacial score (nSPS) is 10.8. The molecule has 1 N–H and O–H groups in total. The second-order valence-electron chi connectivity index (χ2n) is 6.61. The number of hydrogen-bond acceptors (Lipinski definition) is 3. The first-order valence-electron chi connectivity index (χ1n) is 9.17. The molecule has 5 heteroatoms. The number of fused-ring (bicyclic) bond motifs is 1. The Morgan fingerprint density at radius 3 is 2.54 bits per heavy atom. The lowest BCUT2D eigenvalue weighted by Crippen LogP contribution is -2.22. The van der Waals surface area contributed by atoms with Crippen molar-refractivity contribution in [2.45, 2.75) is 20.1 Å². The van der Waals surface area contributed by atoms with E-state index in [-0.39, 0.29) is 5.91 Å². The molecule has 0 radical (unpaired) electrons. The molecule has 0 spiro atoms. The Morgan fingerprint density at radius 2 is 1.79 bits per heavy atom. The number of aromatic nitrogens is 2. The predicted octanol–water partition coefficient (Wildman–Crippen LogP) is 4.15. The van der Waals surface area contributed by atoms with Crippen LogP contribution in [-0.2, 0) is 13.2 Å². The van der Waals surface area contributed by atoms with Crippen molar-refractivity contribution in [1.29, 1.82) is 0 Å². The van der Waals surface area contributed by atoms with Gasteiger partial charge in [-0.1, -0.05) is 36.4 Å². The van der Waals surface area contributed by atoms with Gasteiger partial charge in [0.1, 0.15) is 18.0 Å². The molecule has 0 aliphatic carbocycles. The van der Waals surface area contributed by atoms with Gasteiger partial charge in [0.25, 0.3) is 5.91 Å². The molecule has 0 unspecified atom stereocenters. The van der Waals surface area contributed by atoms with Gasteiger partial charge in [0, 0.05) is 17.5 Å². The number of benzene rings is 2. The first kappa shape index (κ1) is 17.8. The lowest BCUT2D eigenvalue weighted by molar-refractivity contribution is 0.0950. The van der Waals surface area contributed by atoms with Crippen molar-refractivity contribution in [3.63, 3.8) is 0 Å². The maximum absolute atomic E-state index is 12.4. The van der Waals surface area contributed by atoms with E-state index in [1.165, 1.54) is 0 Å². The van der Waals surface area contributed by atoms with Gasteiger partial charge in [-0.15, -0.1) is 0 Å². The van der Waals surface area contributed by atoms with E-state index in [2.05, 4.69) is 10.3 Å². The Labute approximate surface area is 163 Å². The van der Waals surface area contributed by atoms with E-state index in [9.17, 15) is 4.79 Å². The van der Waals surface area contributed by atoms with E-state index in [4.69, 9.17) is 4.74 Å². The van der Waals surface area contributed by atoms with Crippen molar-refractivity contribution in [3.8, 4) is 5.75 Å². The summed E-state index contributed by atoms with van der Waals surface area (Å²) in [5.74, 6) is 0.597. The molecule has 0 saturated carbocycles. The number of hydrogen-bond donors (Lipinski definition) is 1. The van der Waals surface area contributed by atoms with Crippen LogP contribution in [0.15, 0.2) is 79.0 Å². The molecule has 0 aliphatic rings. The molecule has 0 fully saturated rings. The van der Waals surface area contributed by atoms with Crippen LogP contribution in [-0.4, -0.2) is 15.3 Å². The minimum Gasteiger partial charge on any atom is -0.489 e. The second kappa shape index (κ2) is 7.96. The molecule has 4 rings (SSSR count). The van der Waals surface area contributed by atoms with Crippen molar-refractivity contribution < 1.29 is 9.53 Å². The van der Waals surface area contributed by atoms with Crippen LogP contribution in [0.4, 0.5) is 0 Å². The number of nitrogens with one attached hydrogen (secondary N) is 1. The molecule has 2 heterocycles. The third-order valence-electron chi connectivity index (χ3n) is 4.54. The second-order valence-corrected chi connectivity index (χ2v) is 6.61. The zero-order chi connectivity index (χ0) is 19.3. The lowest BCUT2D eigenvalue weighted by Gasteiger charge is -2.07. The average Bonchev–Trinajstić information content (AvgIpc) is 3.16. The summed E-state index contributed by atoms with van der Waals surface area (Å²) in [7, 11) is 0. The van der Waals surface area contributed by atoms with Crippen LogP contribution in [0.25, 0.3) is 5.65 Å². The van der Waals surface area contributed by atoms with Gasteiger partial charge in [-0.3, -0.25) is 4.79 Å². The molecule has 140 valence electrons. The molecule has 1 amide bonds. The highest BCUT2D eigenvalue weighted by Gasteiger charge is 2.08. The summed E-state index contributed by atoms with van der Waals surface area (Å²) >= 11 is 0. The number of ether oxygens (including phenoxy) is 1. The topological polar surface area (TPSA) is 55.6 Å². The van der Waals surface area contributed by atoms with Gasteiger partial charge in [-0.2, -0.15) is 0 Å². The number of imidazole rings is 1. The minimum atomic E-state index is -0.136. The Hall–Kier alpha value is -3.60. The van der Waals surface area contributed by atoms with Gasteiger partial charge >= 0.3 is 0 Å². The van der Waals surface area contributed by atoms with Gasteiger partial charge in [0.2, 0.25) is 0 Å². The largest absolute Gasteiger partial charge is 0.489 e. The van der Waals surface area contributed by atoms with Crippen LogP contribution >= 0.6 is 0 Å². The number of aryl methyl sites for hydroxylation is 1. The Morgan fingerprint density at radius 1 is 1.00 bits per heavy atom. The van der Waals surface area contributed by atoms with E-state index < -0.39 is 0 Å². The summed E-state index contributed by atoms with van der Waals surface area (Å²) in [4.78, 5) is 16.9. The standard InChI is InChI=1S/C23H21N3O2/c1-17-6-5-9-22-25-20(15-26(17)22)14-24-23(27)19-10-12-21(13-11-19)28-16-18-7-3-2-4-8-18/h2-13,15H,14,16H2,1H3,(H,24,27). The number of carbonyl (C=O) groups excluding carboxylic acids is 1. The number of pyridine rings is 1. The third kappa shape index (κ3) is 4.04. The molecular weight excluding hydrogens is 350 g/mol. The van der Waals surface area contributed by atoms with Gasteiger partial charge in [0.15, 0.2) is 0 Å². The zero-order valence-corrected chi connectivity index (χ0v) is 15.6. The summed E-state index contributed by atoms with van der Waals surface area (Å²) in [5.41, 5.74) is 4.50. The molecule has 0 atom stereocenters. The van der Waals surface area contributed by atoms with Crippen LogP contribution in [0.2, 0.25) is 0 Å². The number of nitrogens with zero attached hydrogens (tertiary/aromatic N) is 2. The van der Waals surface area contributed by atoms with Crippen molar-refractivity contribution in [3.05, 3.63) is 102 Å². The van der Waals surface area contributed by atoms with Gasteiger partial charge in [-0.25, -0.2) is 4.98 Å². The third-order valence-corrected chi connectivity index (χ3v) is 4.54. The molecule has 0 aliphatic heterocycles. The lowest BCUT2D eigenvalue weighted by atomic mass is 10.2. The van der Waals surface area contributed by atoms with Crippen molar-refractivity contribution in [1.82, 2.24) is 14.7 Å². The summed E-state index contributed by atoms with van der Waals surface area (Å²) < 4.78 is 7.77. The Kier molecular flexibility index (Phi) is 5.06. The fourth-order valence-electron chi connectivity index (χ4n) is 3.00. The summed E-state index contributed by atoms with van der Waals surface area (Å²) in [6.07, 6.45) is 1.95. The maximum atomic E-state index is 12.4. The van der Waals surface area contributed by atoms with Crippen LogP contribution in [0.5, 0.6) is 5.75 Å². The quantitative estimate of drug-likeness (QED) is 0.554. The fraction of sp³-hybridized carbons (Fsp3) is 0.130. The molecule has 0 bridgehead atoms. The van der Waals surface area contributed by atoms with E-state index in [0.717, 1.165) is 28.3 Å². The van der Waals surface area contributed by atoms with Crippen LogP contribution in [0, 0.1) is 6.92 Å². The van der Waals surface area contributed by atoms with Crippen molar-refractivity contribution >= 4 is 11.6 Å². The Bertz CT molecular complexity index is 1090. The highest BCUT2D eigenvalue weighted by molar-refractivity contribution is 5.94. The maximum Gasteiger partial charge on any atom is 0.251 e. The molecule has 4 aromatic rings. The Balaban J connectivity index is 1.34. The van der Waals surface area contributed by atoms with E-state index in [1.807, 2.05) is 78.2 Å². The van der Waals surface area contributed by atoms with Crippen molar-refractivity contribution in [2.24, 2.45) is 0 Å². The molecule has 2 aromatic carbocycles. The fourth-order valence-corrected chi connectivity index (χ4v) is 3.00. The van der Waals surface area contributed by atoms with Crippen LogP contribution < -0.4 is 10.1 Å². The minimum absolute atomic E-state index is 0.136. The van der Waals surface area contributed by atoms with Crippen LogP contribution in [0.1, 0.15) is 27.3 Å². The van der Waals surface area contributed by atoms with E-state index in [0.29, 0.717) is 18.7 Å². The smallest absolute Gasteiger partial charge is 0.251 e. The van der Waals surface area contributed by atoms with E-state index >= 15 is 0 Å². The van der Waals surface area contributed by atoms with Crippen molar-refractivity contribution in [2.75, 3.05) is 0 Å². The first-order chi connectivity index (χ1) is 13.7. The zero-order valence-electron chi connectivity index (χ0n) is 15.6. The van der Waals surface area contributed by atoms with Gasteiger partial charge in [-0.05, 0) is 48.9 Å². The molecule has 2 aromatic heterocycles. The molecule has 0 saturated heterocycles. The highest BCUT2D eigenvalue weighted by atomic mass is 16.5. The van der Waals surface area contributed by atoms with Gasteiger partial charge in [0.05, 0.1) is 12.2 Å². The number of amides is 1. The van der Waals surface area contributed by atoms with E-state index in [1.54, 1.807) is 12.1 Å². The summed E-state index contributed by atoms with van der Waals surface area (Å²) in [6.45, 7) is 2.91. The predicted molar refractivity (Wildman–Crippen MR) is 108 cm³/mol. The number of carbonyl (C=O) groups is 1. The highest BCUT2D eigenvalue weighted by Crippen LogP contribution is 2.15. The monoisotopic (exact) mass is 371 g/mol. The van der Waals surface area contributed by atoms with Crippen LogP contribution in [0.3, 0.4) is 0 Å². The molecular formula is C23H21N3O2.